The Balaban J connectivity index is 2.11. The third kappa shape index (κ3) is 2.48. The van der Waals surface area contributed by atoms with Gasteiger partial charge in [0, 0.05) is 13.6 Å². The van der Waals surface area contributed by atoms with Gasteiger partial charge < -0.3 is 14.6 Å². The lowest BCUT2D eigenvalue weighted by molar-refractivity contribution is 0.0702. The first-order chi connectivity index (χ1) is 8.61. The largest absolute Gasteiger partial charge is 0.477 e. The molecule has 7 nitrogen and oxygen atoms in total. The SMILES string of the molecule is CCn1cnnc1CN(C)c1ncc(C(=O)O)s1. The van der Waals surface area contributed by atoms with Crippen LogP contribution in [0.3, 0.4) is 0 Å². The highest BCUT2D eigenvalue weighted by Crippen LogP contribution is 2.22. The first-order valence-corrected chi connectivity index (χ1v) is 6.20. The predicted molar refractivity (Wildman–Crippen MR) is 66.9 cm³/mol. The number of aromatic nitrogens is 4. The van der Waals surface area contributed by atoms with Gasteiger partial charge in [0.15, 0.2) is 11.0 Å². The molecular formula is C10H13N5O2S. The molecule has 0 saturated carbocycles. The summed E-state index contributed by atoms with van der Waals surface area (Å²) in [7, 11) is 1.85. The highest BCUT2D eigenvalue weighted by molar-refractivity contribution is 7.17. The first kappa shape index (κ1) is 12.5. The smallest absolute Gasteiger partial charge is 0.347 e. The van der Waals surface area contributed by atoms with E-state index in [1.165, 1.54) is 6.20 Å². The molecule has 0 unspecified atom stereocenters. The second-order valence-electron chi connectivity index (χ2n) is 3.70. The molecule has 0 aliphatic carbocycles. The average Bonchev–Trinajstić information content (AvgIpc) is 2.96. The number of carboxylic acid groups (broad SMARTS) is 1. The van der Waals surface area contributed by atoms with Crippen LogP contribution in [0.2, 0.25) is 0 Å². The normalized spacial score (nSPS) is 10.6. The highest BCUT2D eigenvalue weighted by Gasteiger charge is 2.13. The number of hydrogen-bond acceptors (Lipinski definition) is 6. The molecular weight excluding hydrogens is 254 g/mol. The lowest BCUT2D eigenvalue weighted by atomic mass is 10.5. The Morgan fingerprint density at radius 3 is 3.00 bits per heavy atom. The van der Waals surface area contributed by atoms with Crippen molar-refractivity contribution in [2.45, 2.75) is 20.0 Å². The maximum absolute atomic E-state index is 10.8. The van der Waals surface area contributed by atoms with Crippen LogP contribution in [0.5, 0.6) is 0 Å². The minimum absolute atomic E-state index is 0.230. The van der Waals surface area contributed by atoms with Gasteiger partial charge in [0.25, 0.3) is 0 Å². The minimum Gasteiger partial charge on any atom is -0.477 e. The van der Waals surface area contributed by atoms with E-state index in [0.29, 0.717) is 11.7 Å². The van der Waals surface area contributed by atoms with Gasteiger partial charge in [0.2, 0.25) is 0 Å². The van der Waals surface area contributed by atoms with E-state index >= 15 is 0 Å². The number of carbonyl (C=O) groups is 1. The number of anilines is 1. The number of rotatable bonds is 5. The molecule has 0 amide bonds. The summed E-state index contributed by atoms with van der Waals surface area (Å²) in [6, 6.07) is 0. The van der Waals surface area contributed by atoms with E-state index in [9.17, 15) is 4.79 Å². The minimum atomic E-state index is -0.955. The number of thiazole rings is 1. The van der Waals surface area contributed by atoms with Crippen molar-refractivity contribution in [1.82, 2.24) is 19.7 Å². The molecule has 0 spiro atoms. The third-order valence-electron chi connectivity index (χ3n) is 2.45. The zero-order valence-electron chi connectivity index (χ0n) is 10.1. The maximum Gasteiger partial charge on any atom is 0.347 e. The molecule has 0 radical (unpaired) electrons. The highest BCUT2D eigenvalue weighted by atomic mass is 32.1. The molecule has 0 fully saturated rings. The number of aryl methyl sites for hydroxylation is 1. The Bertz CT molecular complexity index is 550. The van der Waals surface area contributed by atoms with Crippen molar-refractivity contribution in [3.8, 4) is 0 Å². The molecule has 2 heterocycles. The van der Waals surface area contributed by atoms with Crippen LogP contribution in [-0.2, 0) is 13.1 Å². The fourth-order valence-electron chi connectivity index (χ4n) is 1.49. The molecule has 1 N–H and O–H groups in total. The van der Waals surface area contributed by atoms with Crippen molar-refractivity contribution in [2.75, 3.05) is 11.9 Å². The molecule has 2 aromatic heterocycles. The van der Waals surface area contributed by atoms with Gasteiger partial charge in [0.05, 0.1) is 12.7 Å². The molecule has 0 atom stereocenters. The number of nitrogens with zero attached hydrogens (tertiary/aromatic N) is 5. The van der Waals surface area contributed by atoms with Crippen molar-refractivity contribution < 1.29 is 9.90 Å². The molecule has 0 saturated heterocycles. The fraction of sp³-hybridized carbons (Fsp3) is 0.400. The zero-order chi connectivity index (χ0) is 13.1. The summed E-state index contributed by atoms with van der Waals surface area (Å²) in [5.41, 5.74) is 0. The fourth-order valence-corrected chi connectivity index (χ4v) is 2.20. The van der Waals surface area contributed by atoms with Gasteiger partial charge in [-0.1, -0.05) is 11.3 Å². The van der Waals surface area contributed by atoms with Crippen LogP contribution in [0.4, 0.5) is 5.13 Å². The summed E-state index contributed by atoms with van der Waals surface area (Å²) in [4.78, 5) is 16.9. The average molecular weight is 267 g/mol. The van der Waals surface area contributed by atoms with Crippen LogP contribution in [0, 0.1) is 0 Å². The van der Waals surface area contributed by atoms with Crippen molar-refractivity contribution >= 4 is 22.4 Å². The molecule has 0 aromatic carbocycles. The maximum atomic E-state index is 10.8. The van der Waals surface area contributed by atoms with E-state index in [1.54, 1.807) is 6.33 Å². The van der Waals surface area contributed by atoms with Gasteiger partial charge in [-0.25, -0.2) is 9.78 Å². The third-order valence-corrected chi connectivity index (χ3v) is 3.55. The van der Waals surface area contributed by atoms with Gasteiger partial charge in [-0.3, -0.25) is 0 Å². The Kier molecular flexibility index (Phi) is 3.56. The molecule has 0 aliphatic rings. The molecule has 2 aromatic rings. The second kappa shape index (κ2) is 5.13. The van der Waals surface area contributed by atoms with Gasteiger partial charge in [-0.15, -0.1) is 10.2 Å². The standard InChI is InChI=1S/C10H13N5O2S/c1-3-15-6-12-13-8(15)5-14(2)10-11-4-7(18-10)9(16)17/h4,6H,3,5H2,1-2H3,(H,16,17). The number of carboxylic acids is 1. The Hall–Kier alpha value is -1.96. The quantitative estimate of drug-likeness (QED) is 0.873. The van der Waals surface area contributed by atoms with Crippen molar-refractivity contribution in [1.29, 1.82) is 0 Å². The molecule has 0 aliphatic heterocycles. The van der Waals surface area contributed by atoms with Gasteiger partial charge in [-0.05, 0) is 6.92 Å². The van der Waals surface area contributed by atoms with E-state index < -0.39 is 5.97 Å². The first-order valence-electron chi connectivity index (χ1n) is 5.38. The van der Waals surface area contributed by atoms with Crippen molar-refractivity contribution in [3.05, 3.63) is 23.2 Å². The second-order valence-corrected chi connectivity index (χ2v) is 4.71. The molecule has 96 valence electrons. The Labute approximate surface area is 108 Å². The van der Waals surface area contributed by atoms with Crippen molar-refractivity contribution in [2.24, 2.45) is 0 Å². The van der Waals surface area contributed by atoms with Gasteiger partial charge in [-0.2, -0.15) is 0 Å². The summed E-state index contributed by atoms with van der Waals surface area (Å²) in [6.07, 6.45) is 3.04. The number of aromatic carboxylic acids is 1. The van der Waals surface area contributed by atoms with E-state index in [-0.39, 0.29) is 4.88 Å². The van der Waals surface area contributed by atoms with Crippen LogP contribution in [-0.4, -0.2) is 37.9 Å². The van der Waals surface area contributed by atoms with Crippen LogP contribution < -0.4 is 4.90 Å². The summed E-state index contributed by atoms with van der Waals surface area (Å²) in [6.45, 7) is 3.35. The summed E-state index contributed by atoms with van der Waals surface area (Å²) >= 11 is 1.14. The molecule has 0 bridgehead atoms. The van der Waals surface area contributed by atoms with E-state index in [1.807, 2.05) is 23.4 Å². The summed E-state index contributed by atoms with van der Waals surface area (Å²) in [5.74, 6) is -0.129. The zero-order valence-corrected chi connectivity index (χ0v) is 10.9. The Morgan fingerprint density at radius 1 is 1.61 bits per heavy atom. The topological polar surface area (TPSA) is 84.1 Å². The summed E-state index contributed by atoms with van der Waals surface area (Å²) in [5, 5.41) is 17.4. The van der Waals surface area contributed by atoms with Crippen LogP contribution in [0.15, 0.2) is 12.5 Å². The lowest BCUT2D eigenvalue weighted by Crippen LogP contribution is -2.19. The molecule has 18 heavy (non-hydrogen) atoms. The number of hydrogen-bond donors (Lipinski definition) is 1. The van der Waals surface area contributed by atoms with Crippen LogP contribution >= 0.6 is 11.3 Å². The van der Waals surface area contributed by atoms with Crippen molar-refractivity contribution in [3.63, 3.8) is 0 Å². The molecule has 8 heteroatoms. The van der Waals surface area contributed by atoms with E-state index in [4.69, 9.17) is 5.11 Å². The van der Waals surface area contributed by atoms with Crippen LogP contribution in [0.1, 0.15) is 22.4 Å². The van der Waals surface area contributed by atoms with Gasteiger partial charge in [0.1, 0.15) is 11.2 Å². The summed E-state index contributed by atoms with van der Waals surface area (Å²) < 4.78 is 1.93. The van der Waals surface area contributed by atoms with E-state index in [2.05, 4.69) is 15.2 Å². The van der Waals surface area contributed by atoms with Crippen LogP contribution in [0.25, 0.3) is 0 Å². The monoisotopic (exact) mass is 267 g/mol. The predicted octanol–water partition coefficient (Wildman–Crippen LogP) is 1.09. The van der Waals surface area contributed by atoms with E-state index in [0.717, 1.165) is 23.7 Å². The lowest BCUT2D eigenvalue weighted by Gasteiger charge is -2.14. The van der Waals surface area contributed by atoms with Gasteiger partial charge >= 0.3 is 5.97 Å². The Morgan fingerprint density at radius 2 is 2.39 bits per heavy atom. The molecule has 2 rings (SSSR count).